The minimum Gasteiger partial charge on any atom is -0.435 e. The van der Waals surface area contributed by atoms with Crippen LogP contribution in [0.25, 0.3) is 0 Å². The molecule has 1 aliphatic carbocycles. The number of hydrogen-bond donors (Lipinski definition) is 2. The summed E-state index contributed by atoms with van der Waals surface area (Å²) in [7, 11) is 1.91. The van der Waals surface area contributed by atoms with Crippen LogP contribution in [0.2, 0.25) is 0 Å². The number of hydrogen-bond acceptors (Lipinski definition) is 6. The molecule has 0 spiro atoms. The van der Waals surface area contributed by atoms with Crippen molar-refractivity contribution in [3.63, 3.8) is 0 Å². The van der Waals surface area contributed by atoms with Gasteiger partial charge in [0, 0.05) is 64.3 Å². The van der Waals surface area contributed by atoms with E-state index in [9.17, 15) is 14.4 Å². The van der Waals surface area contributed by atoms with Crippen LogP contribution in [0.5, 0.6) is 0 Å². The van der Waals surface area contributed by atoms with Gasteiger partial charge in [0.05, 0.1) is 12.9 Å². The molecule has 218 valence electrons. The van der Waals surface area contributed by atoms with Crippen molar-refractivity contribution in [2.24, 2.45) is 13.0 Å². The van der Waals surface area contributed by atoms with E-state index >= 15 is 0 Å². The normalized spacial score (nSPS) is 18.0. The molecule has 2 heterocycles. The lowest BCUT2D eigenvalue weighted by molar-refractivity contribution is -0.143. The number of urea groups is 1. The second-order valence-electron chi connectivity index (χ2n) is 10.9. The molecular formula is C30H43N5O5. The summed E-state index contributed by atoms with van der Waals surface area (Å²) in [5.74, 6) is 0.144. The van der Waals surface area contributed by atoms with Crippen LogP contribution in [0.4, 0.5) is 9.59 Å². The molecule has 10 heteroatoms. The van der Waals surface area contributed by atoms with E-state index in [0.717, 1.165) is 36.9 Å². The molecule has 2 fully saturated rings. The Bertz CT molecular complexity index is 1110. The van der Waals surface area contributed by atoms with Crippen molar-refractivity contribution in [1.82, 2.24) is 25.1 Å². The molecule has 0 unspecified atom stereocenters. The number of nitrogens with zero attached hydrogens (tertiary/aromatic N) is 3. The van der Waals surface area contributed by atoms with E-state index in [2.05, 4.69) is 15.6 Å². The Morgan fingerprint density at radius 2 is 1.82 bits per heavy atom. The number of ether oxygens (including phenoxy) is 2. The van der Waals surface area contributed by atoms with E-state index in [1.807, 2.05) is 41.9 Å². The smallest absolute Gasteiger partial charge is 0.435 e. The van der Waals surface area contributed by atoms with Gasteiger partial charge in [-0.3, -0.25) is 4.79 Å². The van der Waals surface area contributed by atoms with Crippen LogP contribution in [-0.2, 0) is 34.2 Å². The summed E-state index contributed by atoms with van der Waals surface area (Å²) < 4.78 is 13.1. The Kier molecular flexibility index (Phi) is 10.4. The van der Waals surface area contributed by atoms with Gasteiger partial charge in [-0.1, -0.05) is 49.6 Å². The standard InChI is InChI=1S/C30H43N5O5/c1-3-39-29(38)40-30(24-12-8-5-9-13-24)15-18-35(19-16-30)27(36)26(20-23-10-6-4-7-11-23)33-28(37)32-17-14-25-21-31-22-34(25)2/h4,6-7,10-11,21-22,24,26H,3,5,8-9,12-20H2,1-2H3,(H2,32,33,37)/t26-/m1/s1. The third-order valence-electron chi connectivity index (χ3n) is 8.29. The number of carbonyl (C=O) groups excluding carboxylic acids is 3. The van der Waals surface area contributed by atoms with Gasteiger partial charge in [0.25, 0.3) is 0 Å². The first-order valence-corrected chi connectivity index (χ1v) is 14.6. The zero-order valence-electron chi connectivity index (χ0n) is 23.8. The maximum absolute atomic E-state index is 13.8. The molecule has 1 atom stereocenters. The van der Waals surface area contributed by atoms with Crippen LogP contribution in [-0.4, -0.2) is 70.4 Å². The number of nitrogens with one attached hydrogen (secondary N) is 2. The maximum atomic E-state index is 13.8. The van der Waals surface area contributed by atoms with E-state index in [-0.39, 0.29) is 24.5 Å². The van der Waals surface area contributed by atoms with Gasteiger partial charge in [0.1, 0.15) is 11.6 Å². The van der Waals surface area contributed by atoms with Crippen molar-refractivity contribution < 1.29 is 23.9 Å². The molecule has 0 bridgehead atoms. The van der Waals surface area contributed by atoms with Crippen LogP contribution >= 0.6 is 0 Å². The highest BCUT2D eigenvalue weighted by molar-refractivity contribution is 5.87. The summed E-state index contributed by atoms with van der Waals surface area (Å²) in [6, 6.07) is 8.61. The predicted molar refractivity (Wildman–Crippen MR) is 151 cm³/mol. The second-order valence-corrected chi connectivity index (χ2v) is 10.9. The summed E-state index contributed by atoms with van der Waals surface area (Å²) in [4.78, 5) is 45.0. The number of benzene rings is 1. The first-order valence-electron chi connectivity index (χ1n) is 14.6. The molecule has 2 aliphatic rings. The highest BCUT2D eigenvalue weighted by Crippen LogP contribution is 2.42. The Hall–Kier alpha value is -3.56. The molecule has 1 aliphatic heterocycles. The topological polar surface area (TPSA) is 115 Å². The van der Waals surface area contributed by atoms with E-state index in [1.165, 1.54) is 6.42 Å². The Balaban J connectivity index is 1.40. The van der Waals surface area contributed by atoms with Gasteiger partial charge in [-0.2, -0.15) is 0 Å². The highest BCUT2D eigenvalue weighted by Gasteiger charge is 2.46. The van der Waals surface area contributed by atoms with Crippen LogP contribution in [0, 0.1) is 5.92 Å². The maximum Gasteiger partial charge on any atom is 0.508 e. The summed E-state index contributed by atoms with van der Waals surface area (Å²) in [5.41, 5.74) is 1.36. The average Bonchev–Trinajstić information content (AvgIpc) is 3.38. The molecule has 4 rings (SSSR count). The zero-order chi connectivity index (χ0) is 28.4. The predicted octanol–water partition coefficient (Wildman–Crippen LogP) is 3.99. The number of likely N-dealkylation sites (tertiary alicyclic amines) is 1. The fourth-order valence-corrected chi connectivity index (χ4v) is 6.05. The lowest BCUT2D eigenvalue weighted by atomic mass is 9.72. The number of piperidine rings is 1. The zero-order valence-corrected chi connectivity index (χ0v) is 23.8. The Morgan fingerprint density at radius 1 is 1.10 bits per heavy atom. The Morgan fingerprint density at radius 3 is 2.48 bits per heavy atom. The van der Waals surface area contributed by atoms with Crippen LogP contribution in [0.3, 0.4) is 0 Å². The average molecular weight is 554 g/mol. The molecule has 3 amide bonds. The van der Waals surface area contributed by atoms with Gasteiger partial charge in [0.15, 0.2) is 0 Å². The SMILES string of the molecule is CCOC(=O)OC1(C2CCCCC2)CCN(C(=O)[C@@H](Cc2ccccc2)NC(=O)NCCc2cncn2C)CC1. The van der Waals surface area contributed by atoms with E-state index in [4.69, 9.17) is 9.47 Å². The van der Waals surface area contributed by atoms with Crippen LogP contribution < -0.4 is 10.6 Å². The van der Waals surface area contributed by atoms with Gasteiger partial charge in [-0.15, -0.1) is 0 Å². The number of imidazole rings is 1. The lowest BCUT2D eigenvalue weighted by Gasteiger charge is -2.47. The quantitative estimate of drug-likeness (QED) is 0.430. The lowest BCUT2D eigenvalue weighted by Crippen LogP contribution is -2.58. The molecule has 1 aromatic heterocycles. The number of rotatable bonds is 10. The van der Waals surface area contributed by atoms with Crippen LogP contribution in [0.15, 0.2) is 42.9 Å². The molecule has 10 nitrogen and oxygen atoms in total. The fourth-order valence-electron chi connectivity index (χ4n) is 6.05. The number of carbonyl (C=O) groups is 3. The third-order valence-corrected chi connectivity index (χ3v) is 8.29. The minimum absolute atomic E-state index is 0.126. The van der Waals surface area contributed by atoms with Crippen molar-refractivity contribution in [1.29, 1.82) is 0 Å². The van der Waals surface area contributed by atoms with Gasteiger partial charge >= 0.3 is 12.2 Å². The van der Waals surface area contributed by atoms with Crippen LogP contribution in [0.1, 0.15) is 63.1 Å². The van der Waals surface area contributed by atoms with Gasteiger partial charge in [-0.05, 0) is 31.2 Å². The number of aromatic nitrogens is 2. The van der Waals surface area contributed by atoms with Crippen molar-refractivity contribution >= 4 is 18.1 Å². The Labute approximate surface area is 236 Å². The summed E-state index contributed by atoms with van der Waals surface area (Å²) in [6.07, 6.45) is 10.5. The number of aryl methyl sites for hydroxylation is 1. The van der Waals surface area contributed by atoms with Crippen molar-refractivity contribution in [2.75, 3.05) is 26.2 Å². The molecule has 40 heavy (non-hydrogen) atoms. The monoisotopic (exact) mass is 553 g/mol. The molecule has 1 saturated carbocycles. The fraction of sp³-hybridized carbons (Fsp3) is 0.600. The molecule has 2 aromatic rings. The molecule has 1 saturated heterocycles. The van der Waals surface area contributed by atoms with E-state index < -0.39 is 17.8 Å². The van der Waals surface area contributed by atoms with E-state index in [0.29, 0.717) is 45.3 Å². The van der Waals surface area contributed by atoms with Crippen molar-refractivity contribution in [3.05, 3.63) is 54.1 Å². The van der Waals surface area contributed by atoms with Crippen molar-refractivity contribution in [3.8, 4) is 0 Å². The second kappa shape index (κ2) is 14.2. The molecule has 2 N–H and O–H groups in total. The highest BCUT2D eigenvalue weighted by atomic mass is 16.7. The van der Waals surface area contributed by atoms with Gasteiger partial charge < -0.3 is 29.6 Å². The first kappa shape index (κ1) is 29.4. The minimum atomic E-state index is -0.716. The van der Waals surface area contributed by atoms with Gasteiger partial charge in [0.2, 0.25) is 5.91 Å². The summed E-state index contributed by atoms with van der Waals surface area (Å²) >= 11 is 0. The van der Waals surface area contributed by atoms with Crippen molar-refractivity contribution in [2.45, 2.75) is 76.4 Å². The molecular weight excluding hydrogens is 510 g/mol. The van der Waals surface area contributed by atoms with Gasteiger partial charge in [-0.25, -0.2) is 14.6 Å². The first-order chi connectivity index (χ1) is 19.4. The molecule has 1 aromatic carbocycles. The number of amides is 3. The largest absolute Gasteiger partial charge is 0.508 e. The summed E-state index contributed by atoms with van der Waals surface area (Å²) in [6.45, 7) is 3.38. The van der Waals surface area contributed by atoms with E-state index in [1.54, 1.807) is 24.3 Å². The third kappa shape index (κ3) is 7.76. The molecule has 0 radical (unpaired) electrons. The summed E-state index contributed by atoms with van der Waals surface area (Å²) in [5, 5.41) is 5.80.